The second-order valence-electron chi connectivity index (χ2n) is 8.09. The second kappa shape index (κ2) is 12.8. The van der Waals surface area contributed by atoms with Crippen LogP contribution in [-0.4, -0.2) is 28.4 Å². The summed E-state index contributed by atoms with van der Waals surface area (Å²) in [6, 6.07) is 11.4. The first kappa shape index (κ1) is 27.0. The van der Waals surface area contributed by atoms with E-state index in [1.54, 1.807) is 32.2 Å². The highest BCUT2D eigenvalue weighted by Crippen LogP contribution is 2.26. The van der Waals surface area contributed by atoms with Crippen LogP contribution in [0.1, 0.15) is 37.8 Å². The number of carbonyl (C=O) groups is 1. The SMILES string of the molecule is C=C/C(Cl)=C\C(=C/CCl)OC(C)(C)C(=O)NC(C)C(Cc1ccc(Cl)cc1)c1cccnc1. The van der Waals surface area contributed by atoms with E-state index in [1.807, 2.05) is 49.5 Å². The monoisotopic (exact) mass is 506 g/mol. The van der Waals surface area contributed by atoms with Crippen molar-refractivity contribution in [3.8, 4) is 0 Å². The van der Waals surface area contributed by atoms with Gasteiger partial charge in [0.05, 0.1) is 0 Å². The molecule has 0 spiro atoms. The van der Waals surface area contributed by atoms with Crippen molar-refractivity contribution in [1.29, 1.82) is 0 Å². The van der Waals surface area contributed by atoms with Crippen LogP contribution in [0.4, 0.5) is 0 Å². The first-order valence-corrected chi connectivity index (χ1v) is 11.9. The predicted octanol–water partition coefficient (Wildman–Crippen LogP) is 6.79. The number of nitrogens with zero attached hydrogens (tertiary/aromatic N) is 1. The predicted molar refractivity (Wildman–Crippen MR) is 138 cm³/mol. The van der Waals surface area contributed by atoms with Gasteiger partial charge in [-0.2, -0.15) is 0 Å². The molecule has 0 saturated carbocycles. The maximum absolute atomic E-state index is 13.2. The van der Waals surface area contributed by atoms with Gasteiger partial charge in [-0.25, -0.2) is 0 Å². The number of halogens is 3. The number of amides is 1. The van der Waals surface area contributed by atoms with Crippen molar-refractivity contribution in [2.24, 2.45) is 0 Å². The van der Waals surface area contributed by atoms with Gasteiger partial charge in [-0.15, -0.1) is 11.6 Å². The lowest BCUT2D eigenvalue weighted by atomic mass is 9.87. The highest BCUT2D eigenvalue weighted by molar-refractivity contribution is 6.31. The summed E-state index contributed by atoms with van der Waals surface area (Å²) >= 11 is 17.9. The van der Waals surface area contributed by atoms with Gasteiger partial charge in [0, 0.05) is 40.3 Å². The molecule has 0 aliphatic rings. The van der Waals surface area contributed by atoms with Gasteiger partial charge in [0.1, 0.15) is 5.76 Å². The molecule has 2 unspecified atom stereocenters. The van der Waals surface area contributed by atoms with Gasteiger partial charge in [0.25, 0.3) is 5.91 Å². The van der Waals surface area contributed by atoms with Crippen LogP contribution in [0.25, 0.3) is 0 Å². The zero-order valence-corrected chi connectivity index (χ0v) is 21.3. The number of rotatable bonds is 11. The van der Waals surface area contributed by atoms with Crippen LogP contribution in [0.3, 0.4) is 0 Å². The van der Waals surface area contributed by atoms with Crippen molar-refractivity contribution in [2.45, 2.75) is 44.8 Å². The minimum atomic E-state index is -1.17. The van der Waals surface area contributed by atoms with E-state index < -0.39 is 5.60 Å². The summed E-state index contributed by atoms with van der Waals surface area (Å²) in [5.74, 6) is 0.342. The Kier molecular flexibility index (Phi) is 10.5. The standard InChI is InChI=1S/C26H29Cl3N2O2/c1-5-21(28)16-23(12-13-27)33-26(3,4)25(32)31-18(2)24(20-7-6-14-30-17-20)15-19-8-10-22(29)11-9-19/h5-12,14,16-18,24H,1,13,15H2,2-4H3,(H,31,32)/b21-16+,23-12+. The molecule has 0 bridgehead atoms. The molecular weight excluding hydrogens is 479 g/mol. The topological polar surface area (TPSA) is 51.2 Å². The fraction of sp³-hybridized carbons (Fsp3) is 0.308. The fourth-order valence-electron chi connectivity index (χ4n) is 3.28. The summed E-state index contributed by atoms with van der Waals surface area (Å²) in [5, 5.41) is 4.18. The lowest BCUT2D eigenvalue weighted by molar-refractivity contribution is -0.138. The lowest BCUT2D eigenvalue weighted by Gasteiger charge is -2.31. The smallest absolute Gasteiger partial charge is 0.263 e. The Bertz CT molecular complexity index is 986. The minimum Gasteiger partial charge on any atom is -0.478 e. The largest absolute Gasteiger partial charge is 0.478 e. The van der Waals surface area contributed by atoms with Crippen molar-refractivity contribution in [3.63, 3.8) is 0 Å². The molecule has 176 valence electrons. The molecule has 0 aliphatic carbocycles. The number of ether oxygens (including phenoxy) is 1. The van der Waals surface area contributed by atoms with E-state index in [4.69, 9.17) is 39.5 Å². The summed E-state index contributed by atoms with van der Waals surface area (Å²) in [7, 11) is 0. The zero-order valence-electron chi connectivity index (χ0n) is 19.0. The third-order valence-electron chi connectivity index (χ3n) is 5.12. The molecule has 2 atom stereocenters. The van der Waals surface area contributed by atoms with Crippen molar-refractivity contribution >= 4 is 40.7 Å². The number of benzene rings is 1. The summed E-state index contributed by atoms with van der Waals surface area (Å²) in [4.78, 5) is 17.5. The Labute approximate surface area is 211 Å². The fourth-order valence-corrected chi connectivity index (χ4v) is 3.66. The van der Waals surface area contributed by atoms with Crippen LogP contribution in [0.15, 0.2) is 84.4 Å². The van der Waals surface area contributed by atoms with E-state index in [-0.39, 0.29) is 23.7 Å². The number of aromatic nitrogens is 1. The number of hydrogen-bond donors (Lipinski definition) is 1. The minimum absolute atomic E-state index is 0.00686. The number of nitrogens with one attached hydrogen (secondary N) is 1. The Balaban J connectivity index is 2.21. The van der Waals surface area contributed by atoms with Crippen molar-refractivity contribution in [1.82, 2.24) is 10.3 Å². The summed E-state index contributed by atoms with van der Waals surface area (Å²) < 4.78 is 5.96. The molecule has 0 saturated heterocycles. The van der Waals surface area contributed by atoms with E-state index in [0.29, 0.717) is 22.2 Å². The first-order chi connectivity index (χ1) is 15.7. The van der Waals surface area contributed by atoms with E-state index in [1.165, 1.54) is 6.08 Å². The van der Waals surface area contributed by atoms with Crippen LogP contribution in [-0.2, 0) is 16.0 Å². The Morgan fingerprint density at radius 1 is 1.27 bits per heavy atom. The number of pyridine rings is 1. The van der Waals surface area contributed by atoms with Crippen LogP contribution in [0.5, 0.6) is 0 Å². The third-order valence-corrected chi connectivity index (χ3v) is 5.79. The summed E-state index contributed by atoms with van der Waals surface area (Å²) in [6.07, 6.45) is 8.97. The molecule has 0 radical (unpaired) electrons. The Hall–Kier alpha value is -2.27. The molecular formula is C26H29Cl3N2O2. The van der Waals surface area contributed by atoms with E-state index >= 15 is 0 Å². The molecule has 33 heavy (non-hydrogen) atoms. The molecule has 1 amide bonds. The maximum atomic E-state index is 13.2. The van der Waals surface area contributed by atoms with Crippen molar-refractivity contribution in [3.05, 3.63) is 101 Å². The first-order valence-electron chi connectivity index (χ1n) is 10.6. The summed E-state index contributed by atoms with van der Waals surface area (Å²) in [6.45, 7) is 9.00. The average Bonchev–Trinajstić information content (AvgIpc) is 2.78. The number of carbonyl (C=O) groups excluding carboxylic acids is 1. The van der Waals surface area contributed by atoms with Crippen LogP contribution in [0.2, 0.25) is 5.02 Å². The average molecular weight is 508 g/mol. The van der Waals surface area contributed by atoms with Crippen LogP contribution < -0.4 is 5.32 Å². The molecule has 4 nitrogen and oxygen atoms in total. The lowest BCUT2D eigenvalue weighted by Crippen LogP contribution is -2.49. The summed E-state index contributed by atoms with van der Waals surface area (Å²) in [5.41, 5.74) is 0.976. The normalized spacial score (nSPS) is 14.4. The number of alkyl halides is 1. The van der Waals surface area contributed by atoms with Gasteiger partial charge in [0.2, 0.25) is 0 Å². The van der Waals surface area contributed by atoms with Gasteiger partial charge < -0.3 is 10.1 Å². The van der Waals surface area contributed by atoms with Crippen molar-refractivity contribution < 1.29 is 9.53 Å². The van der Waals surface area contributed by atoms with Crippen LogP contribution in [0, 0.1) is 0 Å². The Morgan fingerprint density at radius 3 is 2.55 bits per heavy atom. The van der Waals surface area contributed by atoms with E-state index in [9.17, 15) is 4.79 Å². The maximum Gasteiger partial charge on any atom is 0.263 e. The highest BCUT2D eigenvalue weighted by atomic mass is 35.5. The molecule has 0 fully saturated rings. The number of hydrogen-bond acceptors (Lipinski definition) is 3. The highest BCUT2D eigenvalue weighted by Gasteiger charge is 2.33. The molecule has 0 aliphatic heterocycles. The molecule has 2 rings (SSSR count). The van der Waals surface area contributed by atoms with Gasteiger partial charge in [-0.1, -0.05) is 54.1 Å². The van der Waals surface area contributed by atoms with Crippen molar-refractivity contribution in [2.75, 3.05) is 5.88 Å². The van der Waals surface area contributed by atoms with E-state index in [2.05, 4.69) is 16.9 Å². The van der Waals surface area contributed by atoms with Crippen LogP contribution >= 0.6 is 34.8 Å². The molecule has 7 heteroatoms. The second-order valence-corrected chi connectivity index (χ2v) is 9.27. The van der Waals surface area contributed by atoms with Gasteiger partial charge in [0.15, 0.2) is 5.60 Å². The number of allylic oxidation sites excluding steroid dienone is 4. The zero-order chi connectivity index (χ0) is 24.4. The quantitative estimate of drug-likeness (QED) is 0.207. The molecule has 1 aromatic carbocycles. The van der Waals surface area contributed by atoms with Gasteiger partial charge in [-0.05, 0) is 68.7 Å². The molecule has 2 aromatic rings. The Morgan fingerprint density at radius 2 is 1.97 bits per heavy atom. The third kappa shape index (κ3) is 8.54. The molecule has 1 aromatic heterocycles. The van der Waals surface area contributed by atoms with Gasteiger partial charge >= 0.3 is 0 Å². The van der Waals surface area contributed by atoms with E-state index in [0.717, 1.165) is 11.1 Å². The van der Waals surface area contributed by atoms with Gasteiger partial charge in [-0.3, -0.25) is 9.78 Å². The molecule has 1 N–H and O–H groups in total. The molecule has 1 heterocycles.